The number of rotatable bonds is 6. The lowest BCUT2D eigenvalue weighted by Gasteiger charge is -2.29. The second kappa shape index (κ2) is 7.81. The fourth-order valence-corrected chi connectivity index (χ4v) is 2.93. The number of likely N-dealkylation sites (N-methyl/N-ethyl adjacent to an activating group) is 1. The molecule has 0 amide bonds. The molecular weight excluding hydrogens is 293 g/mol. The molecule has 0 spiro atoms. The summed E-state index contributed by atoms with van der Waals surface area (Å²) in [5, 5.41) is 0.852. The van der Waals surface area contributed by atoms with Gasteiger partial charge in [-0.3, -0.25) is 9.80 Å². The fourth-order valence-electron chi connectivity index (χ4n) is 2.93. The van der Waals surface area contributed by atoms with Crippen molar-refractivity contribution in [2.45, 2.75) is 13.5 Å². The van der Waals surface area contributed by atoms with E-state index in [0.717, 1.165) is 63.6 Å². The largest absolute Gasteiger partial charge is 0.379 e. The highest BCUT2D eigenvalue weighted by Crippen LogP contribution is 2.16. The Morgan fingerprint density at radius 2 is 2.04 bits per heavy atom. The van der Waals surface area contributed by atoms with Crippen molar-refractivity contribution in [3.05, 3.63) is 41.8 Å². The maximum Gasteiger partial charge on any atom is 0.149 e. The van der Waals surface area contributed by atoms with Crippen LogP contribution in [0.4, 0.5) is 4.39 Å². The summed E-state index contributed by atoms with van der Waals surface area (Å²) in [6.07, 6.45) is 0. The summed E-state index contributed by atoms with van der Waals surface area (Å²) in [6, 6.07) is 9.04. The van der Waals surface area contributed by atoms with E-state index in [-0.39, 0.29) is 5.82 Å². The Morgan fingerprint density at radius 1 is 1.22 bits per heavy atom. The molecular formula is C18H24FN3O. The molecule has 1 saturated heterocycles. The van der Waals surface area contributed by atoms with Crippen molar-refractivity contribution in [2.24, 2.45) is 0 Å². The number of pyridine rings is 1. The summed E-state index contributed by atoms with van der Waals surface area (Å²) in [7, 11) is 0. The van der Waals surface area contributed by atoms with Gasteiger partial charge in [0, 0.05) is 38.1 Å². The average molecular weight is 317 g/mol. The normalized spacial score (nSPS) is 16.3. The second-order valence-corrected chi connectivity index (χ2v) is 5.94. The molecule has 0 atom stereocenters. The van der Waals surface area contributed by atoms with Crippen molar-refractivity contribution < 1.29 is 9.13 Å². The third-order valence-electron chi connectivity index (χ3n) is 4.40. The monoisotopic (exact) mass is 317 g/mol. The predicted octanol–water partition coefficient (Wildman–Crippen LogP) is 2.53. The van der Waals surface area contributed by atoms with E-state index in [2.05, 4.69) is 21.7 Å². The molecule has 3 rings (SSSR count). The first-order valence-corrected chi connectivity index (χ1v) is 8.33. The number of fused-ring (bicyclic) bond motifs is 1. The fraction of sp³-hybridized carbons (Fsp3) is 0.500. The Balaban J connectivity index is 1.62. The number of para-hydroxylation sites is 1. The van der Waals surface area contributed by atoms with Gasteiger partial charge in [0.15, 0.2) is 0 Å². The molecule has 0 aliphatic carbocycles. The highest BCUT2D eigenvalue weighted by molar-refractivity contribution is 5.79. The number of halogens is 1. The van der Waals surface area contributed by atoms with E-state index in [1.54, 1.807) is 6.07 Å². The number of hydrogen-bond donors (Lipinski definition) is 0. The maximum absolute atomic E-state index is 13.9. The van der Waals surface area contributed by atoms with Crippen LogP contribution in [0.15, 0.2) is 30.3 Å². The minimum Gasteiger partial charge on any atom is -0.379 e. The Morgan fingerprint density at radius 3 is 2.83 bits per heavy atom. The van der Waals surface area contributed by atoms with Crippen LogP contribution in [-0.4, -0.2) is 60.7 Å². The molecule has 2 aromatic rings. The first kappa shape index (κ1) is 16.3. The first-order valence-electron chi connectivity index (χ1n) is 8.33. The zero-order valence-electron chi connectivity index (χ0n) is 13.7. The molecule has 1 fully saturated rings. The molecule has 2 heterocycles. The standard InChI is InChI=1S/C18H24FN3O/c1-2-21(8-9-22-10-12-23-13-11-22)14-16-7-6-15-4-3-5-17(19)18(15)20-16/h3-7H,2,8-14H2,1H3. The van der Waals surface area contributed by atoms with Crippen molar-refractivity contribution in [1.82, 2.24) is 14.8 Å². The third kappa shape index (κ3) is 4.25. The van der Waals surface area contributed by atoms with E-state index in [4.69, 9.17) is 4.74 Å². The van der Waals surface area contributed by atoms with Gasteiger partial charge in [0.05, 0.1) is 18.9 Å². The van der Waals surface area contributed by atoms with Crippen LogP contribution in [0.3, 0.4) is 0 Å². The van der Waals surface area contributed by atoms with Crippen molar-refractivity contribution in [2.75, 3.05) is 45.9 Å². The van der Waals surface area contributed by atoms with Gasteiger partial charge in [0.1, 0.15) is 11.3 Å². The van der Waals surface area contributed by atoms with E-state index in [9.17, 15) is 4.39 Å². The molecule has 0 unspecified atom stereocenters. The second-order valence-electron chi connectivity index (χ2n) is 5.94. The number of hydrogen-bond acceptors (Lipinski definition) is 4. The molecule has 0 N–H and O–H groups in total. The SMILES string of the molecule is CCN(CCN1CCOCC1)Cc1ccc2cccc(F)c2n1. The molecule has 4 nitrogen and oxygen atoms in total. The van der Waals surface area contributed by atoms with Gasteiger partial charge >= 0.3 is 0 Å². The molecule has 0 bridgehead atoms. The van der Waals surface area contributed by atoms with Gasteiger partial charge < -0.3 is 4.74 Å². The Labute approximate surface area is 136 Å². The molecule has 23 heavy (non-hydrogen) atoms. The number of nitrogens with zero attached hydrogens (tertiary/aromatic N) is 3. The van der Waals surface area contributed by atoms with E-state index < -0.39 is 0 Å². The minimum absolute atomic E-state index is 0.249. The Bertz CT molecular complexity index is 643. The van der Waals surface area contributed by atoms with Gasteiger partial charge in [-0.25, -0.2) is 9.37 Å². The van der Waals surface area contributed by atoms with Crippen LogP contribution >= 0.6 is 0 Å². The summed E-state index contributed by atoms with van der Waals surface area (Å²) in [4.78, 5) is 9.29. The van der Waals surface area contributed by atoms with E-state index >= 15 is 0 Å². The van der Waals surface area contributed by atoms with Gasteiger partial charge in [-0.15, -0.1) is 0 Å². The molecule has 0 radical (unpaired) electrons. The lowest BCUT2D eigenvalue weighted by atomic mass is 10.2. The van der Waals surface area contributed by atoms with Crippen LogP contribution in [0.2, 0.25) is 0 Å². The zero-order chi connectivity index (χ0) is 16.1. The molecule has 5 heteroatoms. The van der Waals surface area contributed by atoms with E-state index in [1.165, 1.54) is 6.07 Å². The van der Waals surface area contributed by atoms with Gasteiger partial charge in [-0.1, -0.05) is 25.1 Å². The molecule has 1 aromatic heterocycles. The lowest BCUT2D eigenvalue weighted by molar-refractivity contribution is 0.0331. The molecule has 1 aliphatic rings. The van der Waals surface area contributed by atoms with Crippen LogP contribution in [0, 0.1) is 5.82 Å². The van der Waals surface area contributed by atoms with Crippen LogP contribution < -0.4 is 0 Å². The minimum atomic E-state index is -0.249. The summed E-state index contributed by atoms with van der Waals surface area (Å²) in [5.74, 6) is -0.249. The molecule has 124 valence electrons. The number of aromatic nitrogens is 1. The number of morpholine rings is 1. The molecule has 1 aromatic carbocycles. The van der Waals surface area contributed by atoms with Gasteiger partial charge in [0.2, 0.25) is 0 Å². The van der Waals surface area contributed by atoms with E-state index in [1.807, 2.05) is 18.2 Å². The van der Waals surface area contributed by atoms with Crippen molar-refractivity contribution in [3.63, 3.8) is 0 Å². The molecule has 1 aliphatic heterocycles. The summed E-state index contributed by atoms with van der Waals surface area (Å²) in [5.41, 5.74) is 1.39. The van der Waals surface area contributed by atoms with Crippen LogP contribution in [0.5, 0.6) is 0 Å². The van der Waals surface area contributed by atoms with Crippen molar-refractivity contribution in [3.8, 4) is 0 Å². The lowest BCUT2D eigenvalue weighted by Crippen LogP contribution is -2.41. The smallest absolute Gasteiger partial charge is 0.149 e. The van der Waals surface area contributed by atoms with Gasteiger partial charge in [0.25, 0.3) is 0 Å². The molecule has 0 saturated carbocycles. The topological polar surface area (TPSA) is 28.6 Å². The Kier molecular flexibility index (Phi) is 5.54. The third-order valence-corrected chi connectivity index (χ3v) is 4.40. The average Bonchev–Trinajstić information content (AvgIpc) is 2.60. The first-order chi connectivity index (χ1) is 11.3. The van der Waals surface area contributed by atoms with Gasteiger partial charge in [-0.2, -0.15) is 0 Å². The van der Waals surface area contributed by atoms with Gasteiger partial charge in [-0.05, 0) is 18.7 Å². The highest BCUT2D eigenvalue weighted by atomic mass is 19.1. The van der Waals surface area contributed by atoms with Crippen molar-refractivity contribution in [1.29, 1.82) is 0 Å². The number of benzene rings is 1. The summed E-state index contributed by atoms with van der Waals surface area (Å²) in [6.45, 7) is 9.59. The van der Waals surface area contributed by atoms with Crippen molar-refractivity contribution >= 4 is 10.9 Å². The van der Waals surface area contributed by atoms with Crippen LogP contribution in [-0.2, 0) is 11.3 Å². The van der Waals surface area contributed by atoms with Crippen LogP contribution in [0.25, 0.3) is 10.9 Å². The highest BCUT2D eigenvalue weighted by Gasteiger charge is 2.12. The van der Waals surface area contributed by atoms with Crippen LogP contribution in [0.1, 0.15) is 12.6 Å². The number of ether oxygens (including phenoxy) is 1. The van der Waals surface area contributed by atoms with E-state index in [0.29, 0.717) is 5.52 Å². The quantitative estimate of drug-likeness (QED) is 0.818. The zero-order valence-corrected chi connectivity index (χ0v) is 13.7. The summed E-state index contributed by atoms with van der Waals surface area (Å²) < 4.78 is 19.3. The Hall–Kier alpha value is -1.56. The predicted molar refractivity (Wildman–Crippen MR) is 89.9 cm³/mol. The summed E-state index contributed by atoms with van der Waals surface area (Å²) >= 11 is 0. The maximum atomic E-state index is 13.9.